The number of quaternary nitrogens is 1. The predicted molar refractivity (Wildman–Crippen MR) is 358 cm³/mol. The van der Waals surface area contributed by atoms with Crippen LogP contribution in [0.4, 0.5) is 0 Å². The fourth-order valence-corrected chi connectivity index (χ4v) is 12.3. The van der Waals surface area contributed by atoms with E-state index in [1.54, 1.807) is 0 Å². The molecule has 0 aliphatic carbocycles. The van der Waals surface area contributed by atoms with Gasteiger partial charge in [-0.2, -0.15) is 0 Å². The van der Waals surface area contributed by atoms with Gasteiger partial charge in [0.15, 0.2) is 0 Å². The summed E-state index contributed by atoms with van der Waals surface area (Å²) in [4.78, 5) is 40.2. The zero-order chi connectivity index (χ0) is 60.7. The molecular weight excluding hydrogens is 1050 g/mol. The molecule has 1 amide bonds. The van der Waals surface area contributed by atoms with Gasteiger partial charge >= 0.3 is 5.97 Å². The maximum Gasteiger partial charge on any atom is 0.306 e. The second-order valence-electron chi connectivity index (χ2n) is 26.8. The number of phosphoric acid groups is 1. The van der Waals surface area contributed by atoms with Crippen molar-refractivity contribution in [2.45, 2.75) is 405 Å². The fourth-order valence-electron chi connectivity index (χ4n) is 11.5. The molecule has 0 spiro atoms. The summed E-state index contributed by atoms with van der Waals surface area (Å²) in [5, 5.41) is 3.06. The van der Waals surface area contributed by atoms with E-state index in [4.69, 9.17) is 13.8 Å². The Hall–Kier alpha value is -1.25. The number of unbranched alkanes of at least 4 members (excludes halogenated alkanes) is 53. The van der Waals surface area contributed by atoms with Crippen molar-refractivity contribution in [2.75, 3.05) is 40.9 Å². The molecule has 0 aromatic heterocycles. The zero-order valence-electron chi connectivity index (χ0n) is 56.7. The second-order valence-corrected chi connectivity index (χ2v) is 28.2. The molecule has 494 valence electrons. The van der Waals surface area contributed by atoms with E-state index < -0.39 is 20.0 Å². The topological polar surface area (TPSA) is 114 Å². The minimum atomic E-state index is -4.70. The van der Waals surface area contributed by atoms with E-state index in [1.807, 2.05) is 33.3 Å². The van der Waals surface area contributed by atoms with Gasteiger partial charge in [-0.05, 0) is 31.8 Å². The van der Waals surface area contributed by atoms with Crippen molar-refractivity contribution < 1.29 is 37.3 Å². The number of phosphoric ester groups is 1. The van der Waals surface area contributed by atoms with Gasteiger partial charge in [-0.15, -0.1) is 0 Å². The first-order valence-electron chi connectivity index (χ1n) is 37.0. The lowest BCUT2D eigenvalue weighted by molar-refractivity contribution is -0.870. The van der Waals surface area contributed by atoms with Crippen molar-refractivity contribution in [3.63, 3.8) is 0 Å². The average molecular weight is 1190 g/mol. The molecule has 83 heavy (non-hydrogen) atoms. The third kappa shape index (κ3) is 65.0. The Labute approximate surface area is 518 Å². The summed E-state index contributed by atoms with van der Waals surface area (Å²) in [6, 6.07) is -0.881. The molecule has 0 saturated heterocycles. The number of nitrogens with zero attached hydrogens (tertiary/aromatic N) is 1. The van der Waals surface area contributed by atoms with Crippen LogP contribution in [0.2, 0.25) is 0 Å². The van der Waals surface area contributed by atoms with Crippen LogP contribution < -0.4 is 10.2 Å². The summed E-state index contributed by atoms with van der Waals surface area (Å²) in [5.41, 5.74) is 0. The van der Waals surface area contributed by atoms with E-state index >= 15 is 0 Å². The Balaban J connectivity index is 5.00. The largest absolute Gasteiger partial charge is 0.756 e. The van der Waals surface area contributed by atoms with Crippen molar-refractivity contribution in [1.82, 2.24) is 5.32 Å². The average Bonchev–Trinajstić information content (AvgIpc) is 3.47. The smallest absolute Gasteiger partial charge is 0.306 e. The molecule has 1 N–H and O–H groups in total. The molecule has 0 aromatic rings. The van der Waals surface area contributed by atoms with Crippen LogP contribution in [0.5, 0.6) is 0 Å². The van der Waals surface area contributed by atoms with Crippen molar-refractivity contribution in [1.29, 1.82) is 0 Å². The second kappa shape index (κ2) is 63.8. The number of hydrogen-bond donors (Lipinski definition) is 1. The third-order valence-corrected chi connectivity index (χ3v) is 18.2. The Morgan fingerprint density at radius 2 is 0.687 bits per heavy atom. The normalized spacial score (nSPS) is 13.5. The highest BCUT2D eigenvalue weighted by atomic mass is 31.2. The van der Waals surface area contributed by atoms with Crippen LogP contribution in [0, 0.1) is 0 Å². The monoisotopic (exact) mass is 1190 g/mol. The number of carbonyl (C=O) groups excluding carboxylic acids is 2. The minimum Gasteiger partial charge on any atom is -0.756 e. The molecular formula is C73H145N2O7P. The fraction of sp³-hybridized carbons (Fsp3) is 0.945. The molecule has 0 bridgehead atoms. The standard InChI is InChI=1S/C73H145N2O7P/c1-7-10-13-16-19-22-25-28-30-32-34-35-36-37-38-39-41-43-45-48-51-54-57-60-63-66-73(77)82-71(64-61-58-55-52-49-46-27-24-21-18-15-12-9-3)70(69-81-83(78,79)80-68-67-75(4,5)6)74-72(76)65-62-59-56-53-50-47-44-42-40-33-31-29-26-23-20-17-14-11-8-2/h61,64,70-71H,7-60,62-63,65-69H2,1-6H3,(H-,74,76,78,79)/b64-61-. The van der Waals surface area contributed by atoms with Gasteiger partial charge in [0.1, 0.15) is 19.3 Å². The van der Waals surface area contributed by atoms with Gasteiger partial charge in [0.25, 0.3) is 7.82 Å². The summed E-state index contributed by atoms with van der Waals surface area (Å²) in [7, 11) is 1.21. The van der Waals surface area contributed by atoms with Gasteiger partial charge in [-0.3, -0.25) is 14.2 Å². The number of allylic oxidation sites excluding steroid dienone is 1. The molecule has 9 nitrogen and oxygen atoms in total. The lowest BCUT2D eigenvalue weighted by atomic mass is 10.0. The number of ether oxygens (including phenoxy) is 1. The van der Waals surface area contributed by atoms with E-state index in [9.17, 15) is 19.0 Å². The van der Waals surface area contributed by atoms with Crippen LogP contribution in [-0.2, 0) is 27.9 Å². The highest BCUT2D eigenvalue weighted by molar-refractivity contribution is 7.45. The van der Waals surface area contributed by atoms with Crippen molar-refractivity contribution >= 4 is 19.7 Å². The number of likely N-dealkylation sites (N-methyl/N-ethyl adjacent to an activating group) is 1. The number of rotatable bonds is 69. The van der Waals surface area contributed by atoms with Crippen LogP contribution in [0.3, 0.4) is 0 Å². The Morgan fingerprint density at radius 1 is 0.410 bits per heavy atom. The molecule has 0 rings (SSSR count). The number of nitrogens with one attached hydrogen (secondary N) is 1. The maximum atomic E-state index is 13.6. The number of esters is 1. The first-order valence-corrected chi connectivity index (χ1v) is 38.5. The van der Waals surface area contributed by atoms with Gasteiger partial charge in [0.2, 0.25) is 5.91 Å². The van der Waals surface area contributed by atoms with Crippen LogP contribution in [-0.4, -0.2) is 69.4 Å². The molecule has 0 saturated carbocycles. The van der Waals surface area contributed by atoms with Crippen LogP contribution in [0.15, 0.2) is 12.2 Å². The van der Waals surface area contributed by atoms with E-state index in [0.29, 0.717) is 17.4 Å². The summed E-state index contributed by atoms with van der Waals surface area (Å²) < 4.78 is 30.5. The van der Waals surface area contributed by atoms with Gasteiger partial charge in [-0.1, -0.05) is 361 Å². The molecule has 3 unspecified atom stereocenters. The highest BCUT2D eigenvalue weighted by Crippen LogP contribution is 2.38. The Bertz CT molecular complexity index is 1420. The van der Waals surface area contributed by atoms with Crippen LogP contribution in [0.1, 0.15) is 393 Å². The lowest BCUT2D eigenvalue weighted by Crippen LogP contribution is -2.47. The van der Waals surface area contributed by atoms with Gasteiger partial charge < -0.3 is 28.5 Å². The quantitative estimate of drug-likeness (QED) is 0.0212. The third-order valence-electron chi connectivity index (χ3n) is 17.2. The Kier molecular flexibility index (Phi) is 62.8. The molecule has 0 fully saturated rings. The summed E-state index contributed by atoms with van der Waals surface area (Å²) in [6.45, 7) is 6.93. The lowest BCUT2D eigenvalue weighted by Gasteiger charge is -2.30. The van der Waals surface area contributed by atoms with E-state index in [1.165, 1.54) is 302 Å². The first-order chi connectivity index (χ1) is 40.4. The van der Waals surface area contributed by atoms with Crippen molar-refractivity contribution in [3.8, 4) is 0 Å². The Morgan fingerprint density at radius 3 is 0.988 bits per heavy atom. The van der Waals surface area contributed by atoms with Crippen LogP contribution in [0.25, 0.3) is 0 Å². The van der Waals surface area contributed by atoms with Gasteiger partial charge in [0, 0.05) is 12.8 Å². The molecule has 10 heteroatoms. The molecule has 0 aliphatic heterocycles. The van der Waals surface area contributed by atoms with Gasteiger partial charge in [0.05, 0.1) is 33.8 Å². The van der Waals surface area contributed by atoms with Gasteiger partial charge in [-0.25, -0.2) is 0 Å². The zero-order valence-corrected chi connectivity index (χ0v) is 57.6. The maximum absolute atomic E-state index is 13.6. The SMILES string of the molecule is CCCCCCCCCCCCC/C=C\C(OC(=O)CCCCCCCCCCCCCCCCCCCCCCCCCCC)C(COP(=O)([O-])OCC[N+](C)(C)C)NC(=O)CCCCCCCCCCCCCCCCCCCCC. The minimum absolute atomic E-state index is 0.0163. The van der Waals surface area contributed by atoms with Crippen molar-refractivity contribution in [3.05, 3.63) is 12.2 Å². The van der Waals surface area contributed by atoms with Crippen molar-refractivity contribution in [2.24, 2.45) is 0 Å². The predicted octanol–water partition coefficient (Wildman–Crippen LogP) is 22.8. The summed E-state index contributed by atoms with van der Waals surface area (Å²) >= 11 is 0. The highest BCUT2D eigenvalue weighted by Gasteiger charge is 2.27. The molecule has 0 heterocycles. The van der Waals surface area contributed by atoms with E-state index in [2.05, 4.69) is 26.1 Å². The summed E-state index contributed by atoms with van der Waals surface area (Å²) in [5.74, 6) is -0.511. The molecule has 0 aliphatic rings. The molecule has 0 radical (unpaired) electrons. The molecule has 3 atom stereocenters. The molecule has 0 aromatic carbocycles. The number of amides is 1. The van der Waals surface area contributed by atoms with E-state index in [-0.39, 0.29) is 31.5 Å². The first kappa shape index (κ1) is 81.8. The van der Waals surface area contributed by atoms with Crippen LogP contribution >= 0.6 is 7.82 Å². The number of carbonyl (C=O) groups is 2. The number of hydrogen-bond acceptors (Lipinski definition) is 7. The van der Waals surface area contributed by atoms with E-state index in [0.717, 1.165) is 57.8 Å². The summed E-state index contributed by atoms with van der Waals surface area (Å²) in [6.07, 6.45) is 76.3.